The molecule has 7 heteroatoms. The van der Waals surface area contributed by atoms with E-state index in [0.29, 0.717) is 12.1 Å². The van der Waals surface area contributed by atoms with E-state index in [1.54, 1.807) is 10.8 Å². The van der Waals surface area contributed by atoms with E-state index in [1.807, 2.05) is 55.6 Å². The van der Waals surface area contributed by atoms with Crippen LogP contribution in [0.2, 0.25) is 0 Å². The molecule has 2 aromatic carbocycles. The normalized spacial score (nSPS) is 12.4. The van der Waals surface area contributed by atoms with Crippen LogP contribution in [0.4, 0.5) is 5.69 Å². The van der Waals surface area contributed by atoms with Crippen molar-refractivity contribution in [2.75, 3.05) is 0 Å². The second-order valence-corrected chi connectivity index (χ2v) is 6.96. The quantitative estimate of drug-likeness (QED) is 0.114. The largest absolute Gasteiger partial charge is 0.758 e. The summed E-state index contributed by atoms with van der Waals surface area (Å²) < 4.78 is 1.73. The highest BCUT2D eigenvalue weighted by Gasteiger charge is 2.28. The highest BCUT2D eigenvalue weighted by atomic mass is 32.1. The Hall–Kier alpha value is -3.45. The number of carbonyl (C=O) groups is 1. The number of pyridine rings is 1. The highest BCUT2D eigenvalue weighted by Crippen LogP contribution is 2.17. The molecule has 0 aliphatic heterocycles. The average molecular weight is 405 g/mol. The predicted octanol–water partition coefficient (Wildman–Crippen LogP) is 3.76. The topological polar surface area (TPSA) is 76.5 Å². The smallest absolute Gasteiger partial charge is 0.269 e. The minimum absolute atomic E-state index is 0.0716. The zero-order valence-corrected chi connectivity index (χ0v) is 16.6. The number of aliphatic imine (C=N–C) groups is 1. The molecule has 0 fully saturated rings. The van der Waals surface area contributed by atoms with Crippen LogP contribution >= 0.6 is 0 Å². The SMILES string of the molecule is Cc1ccc[n+]([C@@H](C(=O)c2ccc([N+](=O)[O-])cc2)C([S-])=NCc2ccccc2)c1. The Morgan fingerprint density at radius 2 is 1.79 bits per heavy atom. The molecule has 29 heavy (non-hydrogen) atoms. The van der Waals surface area contributed by atoms with Gasteiger partial charge in [-0.15, -0.1) is 0 Å². The first-order valence-corrected chi connectivity index (χ1v) is 9.38. The first-order valence-electron chi connectivity index (χ1n) is 8.97. The Morgan fingerprint density at radius 1 is 1.10 bits per heavy atom. The number of aryl methyl sites for hydroxylation is 1. The summed E-state index contributed by atoms with van der Waals surface area (Å²) in [5, 5.41) is 11.1. The summed E-state index contributed by atoms with van der Waals surface area (Å²) in [5.74, 6) is -0.266. The molecule has 1 heterocycles. The third kappa shape index (κ3) is 5.08. The maximum Gasteiger partial charge on any atom is 0.269 e. The van der Waals surface area contributed by atoms with Crippen molar-refractivity contribution in [3.8, 4) is 0 Å². The maximum atomic E-state index is 13.3. The molecule has 0 radical (unpaired) electrons. The molecule has 1 atom stereocenters. The fourth-order valence-electron chi connectivity index (χ4n) is 2.90. The number of Topliss-reactive ketones (excluding diaryl/α,β-unsaturated/α-hetero) is 1. The number of aromatic nitrogens is 1. The first-order chi connectivity index (χ1) is 14.0. The Balaban J connectivity index is 1.96. The summed E-state index contributed by atoms with van der Waals surface area (Å²) in [6.07, 6.45) is 3.60. The van der Waals surface area contributed by atoms with Gasteiger partial charge < -0.3 is 17.6 Å². The molecule has 6 nitrogen and oxygen atoms in total. The lowest BCUT2D eigenvalue weighted by molar-refractivity contribution is -0.692. The zero-order chi connectivity index (χ0) is 20.8. The molecule has 0 aliphatic carbocycles. The van der Waals surface area contributed by atoms with Gasteiger partial charge in [0.15, 0.2) is 12.4 Å². The van der Waals surface area contributed by atoms with Crippen LogP contribution in [0.25, 0.3) is 0 Å². The molecule has 3 aromatic rings. The van der Waals surface area contributed by atoms with Gasteiger partial charge in [0.1, 0.15) is 0 Å². The molecule has 0 bridgehead atoms. The van der Waals surface area contributed by atoms with Crippen molar-refractivity contribution >= 4 is 29.1 Å². The lowest BCUT2D eigenvalue weighted by Crippen LogP contribution is -2.47. The van der Waals surface area contributed by atoms with Crippen molar-refractivity contribution in [3.63, 3.8) is 0 Å². The van der Waals surface area contributed by atoms with E-state index in [9.17, 15) is 14.9 Å². The number of carbonyl (C=O) groups excluding carboxylic acids is 1. The summed E-state index contributed by atoms with van der Waals surface area (Å²) in [4.78, 5) is 28.1. The van der Waals surface area contributed by atoms with Crippen molar-refractivity contribution in [3.05, 3.63) is 106 Å². The molecule has 0 amide bonds. The lowest BCUT2D eigenvalue weighted by Gasteiger charge is -2.19. The van der Waals surface area contributed by atoms with Crippen LogP contribution in [-0.2, 0) is 19.2 Å². The predicted molar refractivity (Wildman–Crippen MR) is 113 cm³/mol. The van der Waals surface area contributed by atoms with Crippen molar-refractivity contribution in [2.45, 2.75) is 19.5 Å². The van der Waals surface area contributed by atoms with Crippen LogP contribution < -0.4 is 4.57 Å². The van der Waals surface area contributed by atoms with Crippen molar-refractivity contribution in [1.82, 2.24) is 0 Å². The minimum Gasteiger partial charge on any atom is -0.758 e. The van der Waals surface area contributed by atoms with Gasteiger partial charge in [-0.3, -0.25) is 14.9 Å². The van der Waals surface area contributed by atoms with Crippen LogP contribution in [-0.4, -0.2) is 15.8 Å². The van der Waals surface area contributed by atoms with Crippen molar-refractivity contribution < 1.29 is 14.3 Å². The number of hydrogen-bond donors (Lipinski definition) is 0. The van der Waals surface area contributed by atoms with E-state index >= 15 is 0 Å². The Bertz CT molecular complexity index is 1050. The average Bonchev–Trinajstić information content (AvgIpc) is 2.73. The molecule has 0 unspecified atom stereocenters. The van der Waals surface area contributed by atoms with E-state index in [-0.39, 0.29) is 16.5 Å². The zero-order valence-electron chi connectivity index (χ0n) is 15.8. The number of nitro benzene ring substituents is 1. The van der Waals surface area contributed by atoms with Crippen molar-refractivity contribution in [1.29, 1.82) is 0 Å². The molecule has 0 aliphatic rings. The standard InChI is InChI=1S/C22H19N3O3S/c1-16-6-5-13-24(15-16)20(22(29)23-14-17-7-3-2-4-8-17)21(26)18-9-11-19(12-10-18)25(27)28/h2-13,15,20H,14H2,1H3/t20-/m0/s1. The molecule has 1 aromatic heterocycles. The fraction of sp³-hybridized carbons (Fsp3) is 0.136. The number of nitro groups is 1. The Morgan fingerprint density at radius 3 is 2.41 bits per heavy atom. The minimum atomic E-state index is -0.810. The van der Waals surface area contributed by atoms with E-state index < -0.39 is 11.0 Å². The lowest BCUT2D eigenvalue weighted by atomic mass is 10.0. The van der Waals surface area contributed by atoms with E-state index in [2.05, 4.69) is 4.99 Å². The van der Waals surface area contributed by atoms with Gasteiger partial charge in [-0.25, -0.2) is 0 Å². The molecular weight excluding hydrogens is 386 g/mol. The van der Waals surface area contributed by atoms with Crippen LogP contribution in [0, 0.1) is 17.0 Å². The number of benzene rings is 2. The number of rotatable bonds is 7. The van der Waals surface area contributed by atoms with Gasteiger partial charge in [-0.05, 0) is 35.7 Å². The van der Waals surface area contributed by atoms with Gasteiger partial charge in [0.25, 0.3) is 5.69 Å². The summed E-state index contributed by atoms with van der Waals surface area (Å²) in [7, 11) is 0. The van der Waals surface area contributed by atoms with Crippen LogP contribution in [0.1, 0.15) is 27.5 Å². The summed E-state index contributed by atoms with van der Waals surface area (Å²) in [5.41, 5.74) is 2.23. The number of ketones is 1. The first kappa shape index (κ1) is 20.3. The molecular formula is C22H19N3O3S. The molecule has 0 N–H and O–H groups in total. The monoisotopic (exact) mass is 405 g/mol. The van der Waals surface area contributed by atoms with Crippen molar-refractivity contribution in [2.24, 2.45) is 4.99 Å². The van der Waals surface area contributed by atoms with Crippen LogP contribution in [0.3, 0.4) is 0 Å². The van der Waals surface area contributed by atoms with Gasteiger partial charge in [0.05, 0.1) is 11.5 Å². The second-order valence-electron chi connectivity index (χ2n) is 6.54. The van der Waals surface area contributed by atoms with Crippen LogP contribution in [0.5, 0.6) is 0 Å². The second kappa shape index (κ2) is 9.16. The Kier molecular flexibility index (Phi) is 6.41. The summed E-state index contributed by atoms with van der Waals surface area (Å²) >= 11 is 5.53. The third-order valence-corrected chi connectivity index (χ3v) is 4.73. The third-order valence-electron chi connectivity index (χ3n) is 4.37. The molecule has 146 valence electrons. The van der Waals surface area contributed by atoms with Gasteiger partial charge in [-0.2, -0.15) is 4.57 Å². The van der Waals surface area contributed by atoms with Gasteiger partial charge >= 0.3 is 0 Å². The maximum absolute atomic E-state index is 13.3. The van der Waals surface area contributed by atoms with E-state index in [1.165, 1.54) is 24.3 Å². The Labute approximate surface area is 174 Å². The number of hydrogen-bond acceptors (Lipinski definition) is 5. The molecule has 0 saturated carbocycles. The van der Waals surface area contributed by atoms with Gasteiger partial charge in [-0.1, -0.05) is 30.3 Å². The fourth-order valence-corrected chi connectivity index (χ4v) is 3.19. The van der Waals surface area contributed by atoms with E-state index in [0.717, 1.165) is 11.1 Å². The van der Waals surface area contributed by atoms with Gasteiger partial charge in [0.2, 0.25) is 11.8 Å². The summed E-state index contributed by atoms with van der Waals surface area (Å²) in [6.45, 7) is 2.30. The molecule has 0 spiro atoms. The highest BCUT2D eigenvalue weighted by molar-refractivity contribution is 7.77. The summed E-state index contributed by atoms with van der Waals surface area (Å²) in [6, 6.07) is 18.1. The molecule has 0 saturated heterocycles. The number of nitrogens with zero attached hydrogens (tertiary/aromatic N) is 3. The van der Waals surface area contributed by atoms with Crippen LogP contribution in [0.15, 0.2) is 84.1 Å². The molecule has 3 rings (SSSR count). The van der Waals surface area contributed by atoms with Gasteiger partial charge in [0, 0.05) is 29.3 Å². The number of non-ortho nitro benzene ring substituents is 1. The van der Waals surface area contributed by atoms with E-state index in [4.69, 9.17) is 12.6 Å².